The monoisotopic (exact) mass is 320 g/mol. The summed E-state index contributed by atoms with van der Waals surface area (Å²) in [6, 6.07) is 2.11. The second kappa shape index (κ2) is 6.74. The third-order valence-corrected chi connectivity index (χ3v) is 4.91. The molecule has 110 valence electrons. The molecule has 0 aliphatic rings. The summed E-state index contributed by atoms with van der Waals surface area (Å²) < 4.78 is 4.13. The van der Waals surface area contributed by atoms with E-state index in [0.29, 0.717) is 16.3 Å². The molecule has 2 rings (SSSR count). The van der Waals surface area contributed by atoms with Crippen LogP contribution in [0.3, 0.4) is 0 Å². The average molecular weight is 320 g/mol. The van der Waals surface area contributed by atoms with Crippen LogP contribution < -0.4 is 4.90 Å². The van der Waals surface area contributed by atoms with Crippen LogP contribution in [-0.2, 0) is 0 Å². The first kappa shape index (κ1) is 15.5. The molecule has 2 heterocycles. The number of nitriles is 1. The maximum atomic E-state index is 9.08. The van der Waals surface area contributed by atoms with Crippen molar-refractivity contribution in [2.24, 2.45) is 10.2 Å². The minimum absolute atomic E-state index is 0.495. The smallest absolute Gasteiger partial charge is 0.187 e. The fourth-order valence-electron chi connectivity index (χ4n) is 1.74. The Bertz CT molecular complexity index is 690. The van der Waals surface area contributed by atoms with Crippen molar-refractivity contribution < 1.29 is 0 Å². The predicted molar refractivity (Wildman–Crippen MR) is 86.2 cm³/mol. The fourth-order valence-corrected chi connectivity index (χ4v) is 3.44. The average Bonchev–Trinajstić information content (AvgIpc) is 3.01. The molecule has 0 aliphatic heterocycles. The Hall–Kier alpha value is -1.85. The Morgan fingerprint density at radius 1 is 1.14 bits per heavy atom. The lowest BCUT2D eigenvalue weighted by Crippen LogP contribution is -2.21. The molecule has 0 saturated heterocycles. The molecular formula is C13H16N6S2. The highest BCUT2D eigenvalue weighted by Gasteiger charge is 2.13. The van der Waals surface area contributed by atoms with Crippen molar-refractivity contribution in [1.29, 1.82) is 5.26 Å². The number of azo groups is 1. The van der Waals surface area contributed by atoms with Crippen molar-refractivity contribution in [3.05, 3.63) is 17.0 Å². The topological polar surface area (TPSA) is 77.5 Å². The van der Waals surface area contributed by atoms with E-state index >= 15 is 0 Å². The molecular weight excluding hydrogens is 304 g/mol. The van der Waals surface area contributed by atoms with Gasteiger partial charge in [-0.1, -0.05) is 11.3 Å². The van der Waals surface area contributed by atoms with E-state index in [4.69, 9.17) is 5.26 Å². The van der Waals surface area contributed by atoms with Crippen molar-refractivity contribution >= 4 is 38.0 Å². The van der Waals surface area contributed by atoms with Gasteiger partial charge in [-0.3, -0.25) is 0 Å². The van der Waals surface area contributed by atoms with Crippen molar-refractivity contribution in [1.82, 2.24) is 9.36 Å². The van der Waals surface area contributed by atoms with Crippen LogP contribution in [0.5, 0.6) is 0 Å². The summed E-state index contributed by atoms with van der Waals surface area (Å²) in [5, 5.41) is 19.8. The SMILES string of the molecule is CCN(CC)c1nc(C)c(N=Nc2snc(C)c2C#N)s1. The van der Waals surface area contributed by atoms with Gasteiger partial charge >= 0.3 is 0 Å². The summed E-state index contributed by atoms with van der Waals surface area (Å²) in [7, 11) is 0. The number of aromatic nitrogens is 2. The maximum absolute atomic E-state index is 9.08. The molecule has 0 aromatic carbocycles. The van der Waals surface area contributed by atoms with Gasteiger partial charge in [0, 0.05) is 13.1 Å². The summed E-state index contributed by atoms with van der Waals surface area (Å²) in [5.74, 6) is 0. The Morgan fingerprint density at radius 2 is 1.81 bits per heavy atom. The lowest BCUT2D eigenvalue weighted by atomic mass is 10.3. The highest BCUT2D eigenvalue weighted by molar-refractivity contribution is 7.19. The second-order valence-electron chi connectivity index (χ2n) is 4.32. The van der Waals surface area contributed by atoms with Crippen molar-refractivity contribution in [3.63, 3.8) is 0 Å². The lowest BCUT2D eigenvalue weighted by molar-refractivity contribution is 0.857. The number of aryl methyl sites for hydroxylation is 2. The Morgan fingerprint density at radius 3 is 2.43 bits per heavy atom. The molecule has 0 radical (unpaired) electrons. The summed E-state index contributed by atoms with van der Waals surface area (Å²) >= 11 is 2.70. The molecule has 21 heavy (non-hydrogen) atoms. The number of nitrogens with zero attached hydrogens (tertiary/aromatic N) is 6. The summed E-state index contributed by atoms with van der Waals surface area (Å²) in [4.78, 5) is 6.70. The van der Waals surface area contributed by atoms with Crippen LogP contribution in [0.15, 0.2) is 10.2 Å². The Kier molecular flexibility index (Phi) is 4.98. The van der Waals surface area contributed by atoms with Gasteiger partial charge in [0.05, 0.1) is 11.4 Å². The molecule has 0 atom stereocenters. The number of rotatable bonds is 5. The lowest BCUT2D eigenvalue weighted by Gasteiger charge is -2.16. The third kappa shape index (κ3) is 3.25. The zero-order valence-corrected chi connectivity index (χ0v) is 14.0. The van der Waals surface area contributed by atoms with E-state index < -0.39 is 0 Å². The van der Waals surface area contributed by atoms with Gasteiger partial charge in [0.15, 0.2) is 15.1 Å². The van der Waals surface area contributed by atoms with Gasteiger partial charge in [-0.15, -0.1) is 10.2 Å². The van der Waals surface area contributed by atoms with Crippen LogP contribution >= 0.6 is 22.9 Å². The van der Waals surface area contributed by atoms with Gasteiger partial charge in [-0.25, -0.2) is 4.98 Å². The minimum atomic E-state index is 0.495. The van der Waals surface area contributed by atoms with Crippen LogP contribution in [0.4, 0.5) is 15.1 Å². The first-order valence-corrected chi connectivity index (χ1v) is 8.20. The zero-order chi connectivity index (χ0) is 15.4. The molecule has 2 aromatic heterocycles. The standard InChI is InChI=1S/C13H16N6S2/c1-5-19(6-2)13-15-9(4)11(20-13)16-17-12-10(7-14)8(3)18-21-12/h5-6H2,1-4H3. The number of thiazole rings is 1. The molecule has 8 heteroatoms. The van der Waals surface area contributed by atoms with Gasteiger partial charge in [0.25, 0.3) is 0 Å². The van der Waals surface area contributed by atoms with E-state index in [2.05, 4.69) is 44.4 Å². The first-order chi connectivity index (χ1) is 10.1. The fraction of sp³-hybridized carbons (Fsp3) is 0.462. The molecule has 0 bridgehead atoms. The van der Waals surface area contributed by atoms with E-state index in [0.717, 1.165) is 28.9 Å². The van der Waals surface area contributed by atoms with Crippen LogP contribution in [0.1, 0.15) is 30.8 Å². The normalized spacial score (nSPS) is 11.0. The van der Waals surface area contributed by atoms with Crippen molar-refractivity contribution in [3.8, 4) is 6.07 Å². The molecule has 6 nitrogen and oxygen atoms in total. The molecule has 0 amide bonds. The van der Waals surface area contributed by atoms with Gasteiger partial charge in [0.1, 0.15) is 11.6 Å². The van der Waals surface area contributed by atoms with Gasteiger partial charge < -0.3 is 4.90 Å². The molecule has 0 aliphatic carbocycles. The number of hydrogen-bond acceptors (Lipinski definition) is 8. The summed E-state index contributed by atoms with van der Waals surface area (Å²) in [5.41, 5.74) is 2.04. The van der Waals surface area contributed by atoms with Gasteiger partial charge in [-0.05, 0) is 39.2 Å². The van der Waals surface area contributed by atoms with Gasteiger partial charge in [0.2, 0.25) is 0 Å². The summed E-state index contributed by atoms with van der Waals surface area (Å²) in [6.07, 6.45) is 0. The van der Waals surface area contributed by atoms with Crippen molar-refractivity contribution in [2.75, 3.05) is 18.0 Å². The quantitative estimate of drug-likeness (QED) is 0.767. The first-order valence-electron chi connectivity index (χ1n) is 6.61. The largest absolute Gasteiger partial charge is 0.349 e. The minimum Gasteiger partial charge on any atom is -0.349 e. The van der Waals surface area contributed by atoms with Crippen LogP contribution in [0.25, 0.3) is 0 Å². The molecule has 2 aromatic rings. The van der Waals surface area contributed by atoms with E-state index in [1.54, 1.807) is 6.92 Å². The number of hydrogen-bond donors (Lipinski definition) is 0. The molecule has 0 saturated carbocycles. The van der Waals surface area contributed by atoms with Crippen LogP contribution in [-0.4, -0.2) is 22.4 Å². The molecule has 0 unspecified atom stereocenters. The summed E-state index contributed by atoms with van der Waals surface area (Å²) in [6.45, 7) is 9.73. The number of anilines is 1. The molecule has 0 spiro atoms. The van der Waals surface area contributed by atoms with E-state index in [9.17, 15) is 0 Å². The van der Waals surface area contributed by atoms with Crippen LogP contribution in [0.2, 0.25) is 0 Å². The zero-order valence-electron chi connectivity index (χ0n) is 12.4. The van der Waals surface area contributed by atoms with E-state index in [1.165, 1.54) is 22.9 Å². The highest BCUT2D eigenvalue weighted by Crippen LogP contribution is 2.35. The van der Waals surface area contributed by atoms with Crippen LogP contribution in [0, 0.1) is 25.2 Å². The third-order valence-electron chi connectivity index (χ3n) is 2.98. The molecule has 0 N–H and O–H groups in total. The predicted octanol–water partition coefficient (Wildman–Crippen LogP) is 4.35. The van der Waals surface area contributed by atoms with Gasteiger partial charge in [-0.2, -0.15) is 9.64 Å². The molecule has 0 fully saturated rings. The van der Waals surface area contributed by atoms with E-state index in [1.807, 2.05) is 6.92 Å². The maximum Gasteiger partial charge on any atom is 0.187 e. The second-order valence-corrected chi connectivity index (χ2v) is 6.03. The van der Waals surface area contributed by atoms with E-state index in [-0.39, 0.29) is 0 Å². The van der Waals surface area contributed by atoms with Crippen molar-refractivity contribution in [2.45, 2.75) is 27.7 Å². The Labute approximate surface area is 132 Å². The highest BCUT2D eigenvalue weighted by atomic mass is 32.1. The Balaban J connectivity index is 2.27.